The van der Waals surface area contributed by atoms with Crippen LogP contribution in [-0.2, 0) is 4.79 Å². The van der Waals surface area contributed by atoms with Crippen LogP contribution in [-0.4, -0.2) is 39.7 Å². The van der Waals surface area contributed by atoms with Crippen molar-refractivity contribution in [1.29, 1.82) is 0 Å². The van der Waals surface area contributed by atoms with Gasteiger partial charge < -0.3 is 15.3 Å². The minimum absolute atomic E-state index is 0.0803. The molecule has 1 heterocycles. The van der Waals surface area contributed by atoms with Crippen molar-refractivity contribution in [2.75, 3.05) is 0 Å². The highest BCUT2D eigenvalue weighted by molar-refractivity contribution is 5.74. The number of aliphatic hydroxyl groups excluding tert-OH is 2. The van der Waals surface area contributed by atoms with Crippen molar-refractivity contribution in [3.8, 4) is 0 Å². The lowest BCUT2D eigenvalue weighted by Gasteiger charge is -2.07. The molecule has 0 aromatic carbocycles. The van der Waals surface area contributed by atoms with Gasteiger partial charge in [0.15, 0.2) is 0 Å². The number of hydrogen-bond acceptors (Lipinski definition) is 4. The molecule has 0 aromatic rings. The Hall–Kier alpha value is -0.650. The molecule has 0 bridgehead atoms. The molecule has 5 heteroatoms. The van der Waals surface area contributed by atoms with Crippen LogP contribution in [0.25, 0.3) is 0 Å². The molecule has 2 unspecified atom stereocenters. The Morgan fingerprint density at radius 2 is 2.10 bits per heavy atom. The summed E-state index contributed by atoms with van der Waals surface area (Å²) in [7, 11) is 0. The highest BCUT2D eigenvalue weighted by Gasteiger charge is 2.35. The van der Waals surface area contributed by atoms with Gasteiger partial charge in [-0.2, -0.15) is 0 Å². The van der Waals surface area contributed by atoms with Gasteiger partial charge in [-0.25, -0.2) is 0 Å². The van der Waals surface area contributed by atoms with Crippen LogP contribution in [0.3, 0.4) is 0 Å². The van der Waals surface area contributed by atoms with E-state index in [1.54, 1.807) is 0 Å². The zero-order chi connectivity index (χ0) is 7.72. The van der Waals surface area contributed by atoms with Crippen LogP contribution in [0.15, 0.2) is 0 Å². The third-order valence-corrected chi connectivity index (χ3v) is 1.49. The second-order valence-electron chi connectivity index (χ2n) is 2.30. The molecular formula is C5H9NO4. The van der Waals surface area contributed by atoms with E-state index in [9.17, 15) is 4.79 Å². The Balaban J connectivity index is 2.54. The Labute approximate surface area is 57.3 Å². The topological polar surface area (TPSA) is 89.8 Å². The van der Waals surface area contributed by atoms with Crippen molar-refractivity contribution in [2.45, 2.75) is 24.8 Å². The van der Waals surface area contributed by atoms with Gasteiger partial charge in [-0.1, -0.05) is 0 Å². The monoisotopic (exact) mass is 147 g/mol. The molecule has 1 rings (SSSR count). The molecule has 0 spiro atoms. The maximum atomic E-state index is 10.2. The number of aliphatic carboxylic acids is 1. The lowest BCUT2D eigenvalue weighted by molar-refractivity contribution is -0.141. The maximum Gasteiger partial charge on any atom is 0.323 e. The molecule has 0 radical (unpaired) electrons. The van der Waals surface area contributed by atoms with Crippen LogP contribution in [0.1, 0.15) is 6.42 Å². The Bertz CT molecular complexity index is 149. The van der Waals surface area contributed by atoms with E-state index in [4.69, 9.17) is 15.3 Å². The third kappa shape index (κ3) is 1.26. The number of hydrogen-bond donors (Lipinski definition) is 4. The fourth-order valence-corrected chi connectivity index (χ4v) is 0.987. The molecule has 1 fully saturated rings. The zero-order valence-corrected chi connectivity index (χ0v) is 5.19. The Morgan fingerprint density at radius 1 is 1.50 bits per heavy atom. The van der Waals surface area contributed by atoms with Crippen LogP contribution in [0.4, 0.5) is 0 Å². The van der Waals surface area contributed by atoms with Gasteiger partial charge in [0, 0.05) is 6.42 Å². The normalized spacial score (nSPS) is 40.0. The van der Waals surface area contributed by atoms with Crippen LogP contribution >= 0.6 is 0 Å². The van der Waals surface area contributed by atoms with Gasteiger partial charge >= 0.3 is 5.97 Å². The predicted octanol–water partition coefficient (Wildman–Crippen LogP) is -1.89. The van der Waals surface area contributed by atoms with Gasteiger partial charge in [-0.15, -0.1) is 0 Å². The van der Waals surface area contributed by atoms with E-state index >= 15 is 0 Å². The first-order valence-corrected chi connectivity index (χ1v) is 2.96. The molecule has 0 saturated carbocycles. The predicted molar refractivity (Wildman–Crippen MR) is 31.2 cm³/mol. The number of carboxylic acid groups (broad SMARTS) is 1. The van der Waals surface area contributed by atoms with Gasteiger partial charge in [0.2, 0.25) is 0 Å². The largest absolute Gasteiger partial charge is 0.480 e. The summed E-state index contributed by atoms with van der Waals surface area (Å²) in [5.41, 5.74) is 0. The number of aliphatic hydroxyl groups is 2. The Kier molecular flexibility index (Phi) is 1.89. The van der Waals surface area contributed by atoms with Crippen molar-refractivity contribution >= 4 is 5.97 Å². The van der Waals surface area contributed by atoms with Crippen molar-refractivity contribution < 1.29 is 20.1 Å². The molecule has 0 amide bonds. The van der Waals surface area contributed by atoms with Crippen LogP contribution in [0, 0.1) is 0 Å². The van der Waals surface area contributed by atoms with Crippen LogP contribution in [0.2, 0.25) is 0 Å². The molecule has 1 aliphatic heterocycles. The summed E-state index contributed by atoms with van der Waals surface area (Å²) < 4.78 is 0. The fourth-order valence-electron chi connectivity index (χ4n) is 0.987. The quantitative estimate of drug-likeness (QED) is 0.348. The molecule has 0 aromatic heterocycles. The van der Waals surface area contributed by atoms with E-state index in [1.807, 2.05) is 0 Å². The third-order valence-electron chi connectivity index (χ3n) is 1.49. The number of rotatable bonds is 1. The zero-order valence-electron chi connectivity index (χ0n) is 5.19. The summed E-state index contributed by atoms with van der Waals surface area (Å²) in [5, 5.41) is 28.4. The van der Waals surface area contributed by atoms with E-state index in [-0.39, 0.29) is 6.42 Å². The SMILES string of the molecule is O=C(O)[C@H]1NC(O)CC1O. The van der Waals surface area contributed by atoms with E-state index in [0.717, 1.165) is 0 Å². The van der Waals surface area contributed by atoms with Gasteiger partial charge in [0.25, 0.3) is 0 Å². The second kappa shape index (κ2) is 2.53. The average Bonchev–Trinajstić information content (AvgIpc) is 2.10. The number of carboxylic acids is 1. The summed E-state index contributed by atoms with van der Waals surface area (Å²) in [6.07, 6.45) is -1.79. The van der Waals surface area contributed by atoms with Crippen molar-refractivity contribution in [2.24, 2.45) is 0 Å². The smallest absolute Gasteiger partial charge is 0.323 e. The van der Waals surface area contributed by atoms with Crippen molar-refractivity contribution in [3.05, 3.63) is 0 Å². The van der Waals surface area contributed by atoms with Crippen LogP contribution in [0.5, 0.6) is 0 Å². The second-order valence-corrected chi connectivity index (χ2v) is 2.30. The molecular weight excluding hydrogens is 138 g/mol. The Morgan fingerprint density at radius 3 is 2.30 bits per heavy atom. The number of carbonyl (C=O) groups is 1. The van der Waals surface area contributed by atoms with E-state index < -0.39 is 24.3 Å². The first kappa shape index (κ1) is 7.46. The van der Waals surface area contributed by atoms with E-state index in [1.165, 1.54) is 0 Å². The highest BCUT2D eigenvalue weighted by Crippen LogP contribution is 2.10. The summed E-state index contributed by atoms with van der Waals surface area (Å²) in [6, 6.07) is -1.02. The standard InChI is InChI=1S/C5H9NO4/c7-2-1-3(8)6-4(2)5(9)10/h2-4,6-8H,1H2,(H,9,10)/t2?,3?,4-/m0/s1. The molecule has 1 saturated heterocycles. The number of nitrogens with one attached hydrogen (secondary N) is 1. The first-order chi connectivity index (χ1) is 4.61. The minimum atomic E-state index is -1.14. The highest BCUT2D eigenvalue weighted by atomic mass is 16.4. The summed E-state index contributed by atoms with van der Waals surface area (Å²) in [4.78, 5) is 10.2. The van der Waals surface area contributed by atoms with Gasteiger partial charge in [0.05, 0.1) is 6.10 Å². The fraction of sp³-hybridized carbons (Fsp3) is 0.800. The first-order valence-electron chi connectivity index (χ1n) is 2.96. The van der Waals surface area contributed by atoms with E-state index in [2.05, 4.69) is 5.32 Å². The lowest BCUT2D eigenvalue weighted by Crippen LogP contribution is -2.40. The van der Waals surface area contributed by atoms with Gasteiger partial charge in [-0.05, 0) is 0 Å². The molecule has 4 N–H and O–H groups in total. The molecule has 5 nitrogen and oxygen atoms in total. The van der Waals surface area contributed by atoms with Crippen molar-refractivity contribution in [1.82, 2.24) is 5.32 Å². The van der Waals surface area contributed by atoms with E-state index in [0.29, 0.717) is 0 Å². The summed E-state index contributed by atoms with van der Waals surface area (Å²) in [5.74, 6) is -1.14. The summed E-state index contributed by atoms with van der Waals surface area (Å²) in [6.45, 7) is 0. The van der Waals surface area contributed by atoms with Gasteiger partial charge in [0.1, 0.15) is 12.3 Å². The summed E-state index contributed by atoms with van der Waals surface area (Å²) >= 11 is 0. The van der Waals surface area contributed by atoms with Crippen LogP contribution < -0.4 is 5.32 Å². The molecule has 3 atom stereocenters. The molecule has 1 aliphatic rings. The molecule has 58 valence electrons. The van der Waals surface area contributed by atoms with Crippen molar-refractivity contribution in [3.63, 3.8) is 0 Å². The minimum Gasteiger partial charge on any atom is -0.480 e. The average molecular weight is 147 g/mol. The molecule has 10 heavy (non-hydrogen) atoms. The maximum absolute atomic E-state index is 10.2. The van der Waals surface area contributed by atoms with Gasteiger partial charge in [-0.3, -0.25) is 10.1 Å². The lowest BCUT2D eigenvalue weighted by atomic mass is 10.2. The molecule has 0 aliphatic carbocycles.